The second kappa shape index (κ2) is 8.43. The Kier molecular flexibility index (Phi) is 5.37. The van der Waals surface area contributed by atoms with Crippen LogP contribution in [0.3, 0.4) is 0 Å². The summed E-state index contributed by atoms with van der Waals surface area (Å²) in [6, 6.07) is 13.0. The van der Waals surface area contributed by atoms with Crippen molar-refractivity contribution >= 4 is 23.3 Å². The van der Waals surface area contributed by atoms with Gasteiger partial charge in [-0.15, -0.1) is 0 Å². The number of H-pyrrole nitrogens is 1. The van der Waals surface area contributed by atoms with Gasteiger partial charge in [-0.25, -0.2) is 10.2 Å². The van der Waals surface area contributed by atoms with Crippen LogP contribution in [0.25, 0.3) is 11.2 Å². The first kappa shape index (κ1) is 19.1. The van der Waals surface area contributed by atoms with Crippen molar-refractivity contribution in [2.24, 2.45) is 12.1 Å². The highest BCUT2D eigenvalue weighted by atomic mass is 16.5. The molecule has 0 aliphatic heterocycles. The molecule has 2 N–H and O–H groups in total. The fraction of sp³-hybridized carbons (Fsp3) is 0.150. The molecule has 10 nitrogen and oxygen atoms in total. The minimum atomic E-state index is -0.539. The highest BCUT2D eigenvalue weighted by Crippen LogP contribution is 2.16. The van der Waals surface area contributed by atoms with Crippen LogP contribution in [-0.4, -0.2) is 36.9 Å². The lowest BCUT2D eigenvalue weighted by Gasteiger charge is -2.10. The number of aromatic amines is 1. The van der Waals surface area contributed by atoms with Gasteiger partial charge in [0.2, 0.25) is 5.95 Å². The Morgan fingerprint density at radius 1 is 1.20 bits per heavy atom. The number of anilines is 1. The Morgan fingerprint density at radius 3 is 2.80 bits per heavy atom. The van der Waals surface area contributed by atoms with Crippen LogP contribution in [-0.2, 0) is 13.6 Å². The number of hydrazone groups is 1. The molecule has 3 aromatic heterocycles. The van der Waals surface area contributed by atoms with Gasteiger partial charge in [0.05, 0.1) is 12.8 Å². The molecule has 3 heterocycles. The molecule has 0 radical (unpaired) electrons. The summed E-state index contributed by atoms with van der Waals surface area (Å²) < 4.78 is 8.66. The Labute approximate surface area is 170 Å². The predicted molar refractivity (Wildman–Crippen MR) is 113 cm³/mol. The minimum Gasteiger partial charge on any atom is -0.492 e. The van der Waals surface area contributed by atoms with Crippen molar-refractivity contribution < 1.29 is 4.74 Å². The number of ether oxygens (including phenoxy) is 1. The molecule has 0 unspecified atom stereocenters. The zero-order valence-corrected chi connectivity index (χ0v) is 16.1. The molecule has 0 spiro atoms. The third kappa shape index (κ3) is 3.97. The zero-order valence-electron chi connectivity index (χ0n) is 16.1. The van der Waals surface area contributed by atoms with Crippen molar-refractivity contribution in [2.45, 2.75) is 6.54 Å². The molecule has 1 aromatic carbocycles. The van der Waals surface area contributed by atoms with Gasteiger partial charge in [-0.05, 0) is 18.2 Å². The third-order valence-corrected chi connectivity index (χ3v) is 4.40. The lowest BCUT2D eigenvalue weighted by molar-refractivity contribution is 0.301. The topological polar surface area (TPSA) is 119 Å². The van der Waals surface area contributed by atoms with Crippen LogP contribution >= 0.6 is 0 Å². The minimum absolute atomic E-state index is 0.252. The van der Waals surface area contributed by atoms with Gasteiger partial charge in [0.25, 0.3) is 5.56 Å². The van der Waals surface area contributed by atoms with Gasteiger partial charge in [-0.1, -0.05) is 24.3 Å². The van der Waals surface area contributed by atoms with E-state index in [2.05, 4.69) is 25.5 Å². The van der Waals surface area contributed by atoms with E-state index in [0.29, 0.717) is 24.8 Å². The summed E-state index contributed by atoms with van der Waals surface area (Å²) in [5, 5.41) is 4.18. The molecule has 4 aromatic rings. The van der Waals surface area contributed by atoms with Crippen LogP contribution in [0.1, 0.15) is 5.56 Å². The number of fused-ring (bicyclic) bond motifs is 1. The van der Waals surface area contributed by atoms with Crippen LogP contribution < -0.4 is 21.4 Å². The summed E-state index contributed by atoms with van der Waals surface area (Å²) >= 11 is 0. The highest BCUT2D eigenvalue weighted by Gasteiger charge is 2.17. The first-order valence-electron chi connectivity index (χ1n) is 9.20. The number of nitrogens with one attached hydrogen (secondary N) is 2. The first-order valence-corrected chi connectivity index (χ1v) is 9.20. The van der Waals surface area contributed by atoms with Gasteiger partial charge in [-0.2, -0.15) is 10.1 Å². The van der Waals surface area contributed by atoms with E-state index >= 15 is 0 Å². The average Bonchev–Trinajstić information content (AvgIpc) is 3.13. The third-order valence-electron chi connectivity index (χ3n) is 4.40. The van der Waals surface area contributed by atoms with Crippen LogP contribution in [0.15, 0.2) is 69.5 Å². The Hall–Kier alpha value is -4.21. The molecule has 0 saturated heterocycles. The molecular formula is C20H19N7O3. The van der Waals surface area contributed by atoms with Crippen LogP contribution in [0.2, 0.25) is 0 Å². The van der Waals surface area contributed by atoms with Crippen molar-refractivity contribution in [3.05, 3.63) is 81.3 Å². The molecule has 30 heavy (non-hydrogen) atoms. The summed E-state index contributed by atoms with van der Waals surface area (Å²) in [7, 11) is 1.54. The maximum atomic E-state index is 12.5. The molecule has 0 saturated carbocycles. The first-order chi connectivity index (χ1) is 14.6. The number of aromatic nitrogens is 5. The lowest BCUT2D eigenvalue weighted by atomic mass is 10.3. The van der Waals surface area contributed by atoms with Crippen molar-refractivity contribution in [2.75, 3.05) is 12.0 Å². The summed E-state index contributed by atoms with van der Waals surface area (Å²) in [5.41, 5.74) is 3.09. The van der Waals surface area contributed by atoms with E-state index in [-0.39, 0.29) is 11.2 Å². The van der Waals surface area contributed by atoms with E-state index in [1.165, 1.54) is 4.57 Å². The maximum absolute atomic E-state index is 12.5. The number of para-hydroxylation sites is 1. The second-order valence-corrected chi connectivity index (χ2v) is 6.40. The quantitative estimate of drug-likeness (QED) is 0.354. The van der Waals surface area contributed by atoms with Gasteiger partial charge in [0, 0.05) is 25.0 Å². The van der Waals surface area contributed by atoms with Crippen LogP contribution in [0, 0.1) is 0 Å². The number of pyridine rings is 1. The van der Waals surface area contributed by atoms with Gasteiger partial charge >= 0.3 is 5.69 Å². The van der Waals surface area contributed by atoms with E-state index in [1.54, 1.807) is 36.3 Å². The van der Waals surface area contributed by atoms with Crippen molar-refractivity contribution in [1.82, 2.24) is 24.1 Å². The predicted octanol–water partition coefficient (Wildman–Crippen LogP) is 1.34. The molecule has 0 fully saturated rings. The number of nitrogens with zero attached hydrogens (tertiary/aromatic N) is 5. The van der Waals surface area contributed by atoms with Crippen LogP contribution in [0.5, 0.6) is 5.75 Å². The Bertz CT molecular complexity index is 1290. The Balaban J connectivity index is 1.65. The number of imidazole rings is 1. The van der Waals surface area contributed by atoms with E-state index in [1.807, 2.05) is 36.4 Å². The van der Waals surface area contributed by atoms with Crippen molar-refractivity contribution in [1.29, 1.82) is 0 Å². The van der Waals surface area contributed by atoms with Gasteiger partial charge in [0.15, 0.2) is 11.2 Å². The Morgan fingerprint density at radius 2 is 2.03 bits per heavy atom. The number of benzene rings is 1. The summed E-state index contributed by atoms with van der Waals surface area (Å²) in [5.74, 6) is 1.03. The average molecular weight is 405 g/mol. The monoisotopic (exact) mass is 405 g/mol. The molecule has 152 valence electrons. The highest BCUT2D eigenvalue weighted by molar-refractivity contribution is 5.80. The molecule has 0 amide bonds. The number of aryl methyl sites for hydroxylation is 1. The second-order valence-electron chi connectivity index (χ2n) is 6.40. The fourth-order valence-corrected chi connectivity index (χ4v) is 2.93. The molecule has 0 atom stereocenters. The number of rotatable bonds is 7. The zero-order chi connectivity index (χ0) is 20.9. The van der Waals surface area contributed by atoms with Crippen LogP contribution in [0.4, 0.5) is 5.95 Å². The fourth-order valence-electron chi connectivity index (χ4n) is 2.93. The number of hydrogen-bond acceptors (Lipinski definition) is 7. The van der Waals surface area contributed by atoms with E-state index in [9.17, 15) is 9.59 Å². The normalized spacial score (nSPS) is 11.2. The van der Waals surface area contributed by atoms with Crippen molar-refractivity contribution in [3.8, 4) is 5.75 Å². The molecule has 10 heteroatoms. The van der Waals surface area contributed by atoms with E-state index in [0.717, 1.165) is 5.56 Å². The van der Waals surface area contributed by atoms with E-state index < -0.39 is 11.2 Å². The van der Waals surface area contributed by atoms with Gasteiger partial charge in [0.1, 0.15) is 12.4 Å². The summed E-state index contributed by atoms with van der Waals surface area (Å²) in [6.07, 6.45) is 4.92. The van der Waals surface area contributed by atoms with E-state index in [4.69, 9.17) is 4.74 Å². The molecule has 0 bridgehead atoms. The molecule has 4 rings (SSSR count). The van der Waals surface area contributed by atoms with Crippen molar-refractivity contribution in [3.63, 3.8) is 0 Å². The standard InChI is InChI=1S/C20H19N7O3/c1-26-17-16(18(28)24-20(26)29)27(10-11-30-15-7-3-2-4-8-15)19(23-17)25-22-13-14-6-5-9-21-12-14/h2-9,12-13H,10-11H2,1H3,(H,23,25)(H,24,28,29)/b22-13-. The molecule has 0 aliphatic carbocycles. The number of hydrogen-bond donors (Lipinski definition) is 2. The van der Waals surface area contributed by atoms with Gasteiger partial charge in [-0.3, -0.25) is 23.9 Å². The maximum Gasteiger partial charge on any atom is 0.329 e. The molecule has 0 aliphatic rings. The molecular weight excluding hydrogens is 386 g/mol. The van der Waals surface area contributed by atoms with Gasteiger partial charge < -0.3 is 4.74 Å². The smallest absolute Gasteiger partial charge is 0.329 e. The lowest BCUT2D eigenvalue weighted by Crippen LogP contribution is -2.29. The largest absolute Gasteiger partial charge is 0.492 e. The SMILES string of the molecule is Cn1c(=O)[nH]c(=O)c2c1nc(N/N=C\c1cccnc1)n2CCOc1ccccc1. The summed E-state index contributed by atoms with van der Waals surface area (Å²) in [6.45, 7) is 0.607. The summed E-state index contributed by atoms with van der Waals surface area (Å²) in [4.78, 5) is 35.1.